The van der Waals surface area contributed by atoms with E-state index >= 15 is 0 Å². The number of hydrogen-bond acceptors (Lipinski definition) is 2. The van der Waals surface area contributed by atoms with Gasteiger partial charge in [-0.25, -0.2) is 0 Å². The average molecular weight is 204 g/mol. The van der Waals surface area contributed by atoms with Gasteiger partial charge in [-0.05, 0) is 13.3 Å². The average Bonchev–Trinajstić information content (AvgIpc) is 2.05. The lowest BCUT2D eigenvalue weighted by atomic mass is 10.2. The van der Waals surface area contributed by atoms with Crippen LogP contribution in [0.2, 0.25) is 0 Å². The highest BCUT2D eigenvalue weighted by molar-refractivity contribution is 6.13. The van der Waals surface area contributed by atoms with E-state index in [1.807, 2.05) is 6.92 Å². The van der Waals surface area contributed by atoms with Crippen LogP contribution in [0.4, 0.5) is 0 Å². The summed E-state index contributed by atoms with van der Waals surface area (Å²) >= 11 is 0. The zero-order valence-corrected chi connectivity index (χ0v) is 11.7. The Morgan fingerprint density at radius 2 is 1.85 bits per heavy atom. The van der Waals surface area contributed by atoms with Crippen LogP contribution in [0, 0.1) is 5.92 Å². The highest BCUT2D eigenvalue weighted by Crippen LogP contribution is 2.20. The van der Waals surface area contributed by atoms with E-state index < -0.39 is 0 Å². The number of rotatable bonds is 7. The Kier molecular flexibility index (Phi) is 6.64. The number of hydrogen-bond donors (Lipinski definition) is 0. The fourth-order valence-electron chi connectivity index (χ4n) is 1.08. The molecule has 1 atom stereocenters. The van der Waals surface area contributed by atoms with Gasteiger partial charge in [0, 0.05) is 19.1 Å². The van der Waals surface area contributed by atoms with Crippen LogP contribution < -0.4 is 0 Å². The summed E-state index contributed by atoms with van der Waals surface area (Å²) in [5, 5.41) is 0. The molecule has 0 aliphatic rings. The highest BCUT2D eigenvalue weighted by Gasteiger charge is 2.28. The highest BCUT2D eigenvalue weighted by atomic mass is 28.1. The molecule has 0 spiro atoms. The van der Waals surface area contributed by atoms with Crippen molar-refractivity contribution in [3.63, 3.8) is 0 Å². The van der Waals surface area contributed by atoms with Gasteiger partial charge in [-0.2, -0.15) is 0 Å². The van der Waals surface area contributed by atoms with Gasteiger partial charge >= 0.3 is 0 Å². The van der Waals surface area contributed by atoms with E-state index in [-0.39, 0.29) is 5.41 Å². The molecular formula is C10H24O2Si. The standard InChI is InChI=1S/C10H24O2Si/c1-5-7-8-12-10(13,9(3)4)11-6-2/h9H,5-8H2,1-4,13H3. The van der Waals surface area contributed by atoms with Crippen LogP contribution in [0.1, 0.15) is 40.5 Å². The third-order valence-corrected chi connectivity index (χ3v) is 4.10. The molecule has 0 saturated heterocycles. The van der Waals surface area contributed by atoms with E-state index in [1.54, 1.807) is 0 Å². The first-order valence-electron chi connectivity index (χ1n) is 5.34. The Balaban J connectivity index is 3.92. The maximum atomic E-state index is 5.81. The Labute approximate surface area is 85.4 Å². The fraction of sp³-hybridized carbons (Fsp3) is 1.00. The molecule has 0 heterocycles. The monoisotopic (exact) mass is 204 g/mol. The van der Waals surface area contributed by atoms with Crippen molar-refractivity contribution in [1.82, 2.24) is 0 Å². The van der Waals surface area contributed by atoms with Gasteiger partial charge in [-0.3, -0.25) is 0 Å². The lowest BCUT2D eigenvalue weighted by Gasteiger charge is -2.33. The molecule has 1 unspecified atom stereocenters. The smallest absolute Gasteiger partial charge is 0.143 e. The Hall–Kier alpha value is 0.137. The first-order valence-corrected chi connectivity index (χ1v) is 6.34. The predicted molar refractivity (Wildman–Crippen MR) is 60.0 cm³/mol. The van der Waals surface area contributed by atoms with Crippen molar-refractivity contribution in [2.24, 2.45) is 5.92 Å². The summed E-state index contributed by atoms with van der Waals surface area (Å²) in [4.78, 5) is 0. The predicted octanol–water partition coefficient (Wildman–Crippen LogP) is 1.51. The molecule has 13 heavy (non-hydrogen) atoms. The van der Waals surface area contributed by atoms with Crippen LogP contribution >= 0.6 is 0 Å². The largest absolute Gasteiger partial charge is 0.355 e. The van der Waals surface area contributed by atoms with Crippen LogP contribution in [0.5, 0.6) is 0 Å². The third kappa shape index (κ3) is 4.79. The molecular weight excluding hydrogens is 180 g/mol. The van der Waals surface area contributed by atoms with Crippen molar-refractivity contribution in [2.45, 2.75) is 45.9 Å². The van der Waals surface area contributed by atoms with Crippen LogP contribution in [0.3, 0.4) is 0 Å². The molecule has 0 fully saturated rings. The van der Waals surface area contributed by atoms with Crippen LogP contribution in [-0.2, 0) is 9.47 Å². The molecule has 0 rings (SSSR count). The fourth-order valence-corrected chi connectivity index (χ4v) is 1.57. The van der Waals surface area contributed by atoms with Gasteiger partial charge in [0.15, 0.2) is 0 Å². The number of ether oxygens (including phenoxy) is 2. The van der Waals surface area contributed by atoms with Crippen molar-refractivity contribution in [3.8, 4) is 0 Å². The second-order valence-electron chi connectivity index (χ2n) is 3.81. The van der Waals surface area contributed by atoms with E-state index in [0.29, 0.717) is 5.92 Å². The SMILES string of the molecule is CCCCOC([SiH3])(OCC)C(C)C. The third-order valence-electron chi connectivity index (χ3n) is 2.37. The molecule has 0 radical (unpaired) electrons. The van der Waals surface area contributed by atoms with E-state index in [2.05, 4.69) is 20.8 Å². The second kappa shape index (κ2) is 6.57. The topological polar surface area (TPSA) is 18.5 Å². The molecule has 0 aromatic heterocycles. The second-order valence-corrected chi connectivity index (χ2v) is 5.20. The summed E-state index contributed by atoms with van der Waals surface area (Å²) < 4.78 is 11.5. The Morgan fingerprint density at radius 3 is 2.23 bits per heavy atom. The lowest BCUT2D eigenvalue weighted by molar-refractivity contribution is -0.200. The minimum atomic E-state index is -0.260. The van der Waals surface area contributed by atoms with Crippen molar-refractivity contribution < 1.29 is 9.47 Å². The summed E-state index contributed by atoms with van der Waals surface area (Å²) in [5.74, 6) is 0.455. The van der Waals surface area contributed by atoms with Gasteiger partial charge in [0.25, 0.3) is 0 Å². The van der Waals surface area contributed by atoms with E-state index in [0.717, 1.165) is 29.9 Å². The first-order chi connectivity index (χ1) is 6.06. The molecule has 0 aromatic carbocycles. The van der Waals surface area contributed by atoms with Gasteiger partial charge in [0.05, 0.1) is 10.2 Å². The minimum absolute atomic E-state index is 0.260. The van der Waals surface area contributed by atoms with Gasteiger partial charge in [0.2, 0.25) is 0 Å². The molecule has 0 aliphatic carbocycles. The van der Waals surface area contributed by atoms with Gasteiger partial charge in [-0.1, -0.05) is 27.2 Å². The van der Waals surface area contributed by atoms with Gasteiger partial charge in [0.1, 0.15) is 5.41 Å². The quantitative estimate of drug-likeness (QED) is 0.356. The summed E-state index contributed by atoms with van der Waals surface area (Å²) in [6.07, 6.45) is 2.31. The molecule has 0 bridgehead atoms. The van der Waals surface area contributed by atoms with Crippen molar-refractivity contribution in [2.75, 3.05) is 13.2 Å². The van der Waals surface area contributed by atoms with E-state index in [4.69, 9.17) is 9.47 Å². The normalized spacial score (nSPS) is 16.4. The van der Waals surface area contributed by atoms with Crippen LogP contribution in [0.25, 0.3) is 0 Å². The molecule has 0 amide bonds. The zero-order valence-electron chi connectivity index (χ0n) is 9.72. The van der Waals surface area contributed by atoms with Crippen molar-refractivity contribution in [1.29, 1.82) is 0 Å². The Morgan fingerprint density at radius 1 is 1.23 bits per heavy atom. The van der Waals surface area contributed by atoms with E-state index in [1.165, 1.54) is 6.42 Å². The molecule has 2 nitrogen and oxygen atoms in total. The van der Waals surface area contributed by atoms with Crippen molar-refractivity contribution >= 4 is 10.2 Å². The molecule has 0 N–H and O–H groups in total. The zero-order chi connectivity index (χ0) is 10.3. The summed E-state index contributed by atoms with van der Waals surface area (Å²) in [6, 6.07) is 0. The summed E-state index contributed by atoms with van der Waals surface area (Å²) in [5.41, 5.74) is -0.260. The maximum absolute atomic E-state index is 5.81. The van der Waals surface area contributed by atoms with Crippen LogP contribution in [-0.4, -0.2) is 28.9 Å². The van der Waals surface area contributed by atoms with Crippen molar-refractivity contribution in [3.05, 3.63) is 0 Å². The lowest BCUT2D eigenvalue weighted by Crippen LogP contribution is -2.42. The minimum Gasteiger partial charge on any atom is -0.355 e. The van der Waals surface area contributed by atoms with Crippen LogP contribution in [0.15, 0.2) is 0 Å². The Bertz CT molecular complexity index is 128. The molecule has 0 aliphatic heterocycles. The molecule has 3 heteroatoms. The van der Waals surface area contributed by atoms with Gasteiger partial charge < -0.3 is 9.47 Å². The summed E-state index contributed by atoms with van der Waals surface area (Å²) in [6.45, 7) is 10.1. The first kappa shape index (κ1) is 13.1. The molecule has 80 valence electrons. The van der Waals surface area contributed by atoms with Gasteiger partial charge in [-0.15, -0.1) is 0 Å². The number of unbranched alkanes of at least 4 members (excludes halogenated alkanes) is 1. The summed E-state index contributed by atoms with van der Waals surface area (Å²) in [7, 11) is 0.935. The maximum Gasteiger partial charge on any atom is 0.143 e. The van der Waals surface area contributed by atoms with E-state index in [9.17, 15) is 0 Å². The molecule has 0 aromatic rings. The molecule has 0 saturated carbocycles.